The Hall–Kier alpha value is -0.960. The van der Waals surface area contributed by atoms with Crippen LogP contribution >= 0.6 is 34.8 Å². The largest absolute Gasteiger partial charge is 0.336 e. The van der Waals surface area contributed by atoms with E-state index in [1.54, 1.807) is 0 Å². The molecule has 1 aliphatic heterocycles. The summed E-state index contributed by atoms with van der Waals surface area (Å²) in [5.74, 6) is 0. The van der Waals surface area contributed by atoms with Gasteiger partial charge < -0.3 is 5.32 Å². The second kappa shape index (κ2) is 6.00. The molecule has 1 aromatic rings. The summed E-state index contributed by atoms with van der Waals surface area (Å²) < 4.78 is 0. The van der Waals surface area contributed by atoms with E-state index in [1.165, 1.54) is 6.34 Å². The lowest BCUT2D eigenvalue weighted by Crippen LogP contribution is -2.28. The van der Waals surface area contributed by atoms with Crippen LogP contribution in [0.3, 0.4) is 0 Å². The first-order valence-corrected chi connectivity index (χ1v) is 6.97. The highest BCUT2D eigenvalue weighted by atomic mass is 35.5. The maximum Gasteiger partial charge on any atom is 0.199 e. The maximum atomic E-state index is 6.59. The minimum Gasteiger partial charge on any atom is -0.336 e. The Bertz CT molecular complexity index is 564. The topological polar surface area (TPSA) is 24.4 Å². The van der Waals surface area contributed by atoms with Gasteiger partial charge in [0.2, 0.25) is 0 Å². The molecule has 1 atom stereocenters. The molecule has 2 rings (SSSR count). The van der Waals surface area contributed by atoms with E-state index in [9.17, 15) is 0 Å². The normalized spacial score (nSPS) is 22.9. The second-order valence-corrected chi connectivity index (χ2v) is 5.39. The molecule has 0 spiro atoms. The maximum absolute atomic E-state index is 6.59. The Labute approximate surface area is 127 Å². The molecule has 1 heterocycles. The molecule has 1 aliphatic rings. The van der Waals surface area contributed by atoms with E-state index >= 15 is 0 Å². The number of allylic oxidation sites excluding steroid dienone is 2. The fourth-order valence-electron chi connectivity index (χ4n) is 1.90. The molecule has 0 saturated carbocycles. The van der Waals surface area contributed by atoms with Crippen LogP contribution in [0.25, 0.3) is 0 Å². The molecule has 0 saturated heterocycles. The van der Waals surface area contributed by atoms with Crippen molar-refractivity contribution in [1.29, 1.82) is 0 Å². The van der Waals surface area contributed by atoms with E-state index in [1.807, 2.05) is 37.3 Å². The first kappa shape index (κ1) is 14.4. The van der Waals surface area contributed by atoms with E-state index in [2.05, 4.69) is 16.4 Å². The molecule has 0 aromatic heterocycles. The van der Waals surface area contributed by atoms with E-state index in [-0.39, 0.29) is 5.03 Å². The fourth-order valence-corrected chi connectivity index (χ4v) is 2.66. The van der Waals surface area contributed by atoms with Crippen LogP contribution in [0.1, 0.15) is 18.1 Å². The number of hydrogen-bond donors (Lipinski definition) is 1. The molecular weight excluding hydrogens is 303 g/mol. The minimum absolute atomic E-state index is 0.284. The molecule has 0 fully saturated rings. The molecule has 0 aliphatic carbocycles. The zero-order valence-electron chi connectivity index (χ0n) is 10.3. The monoisotopic (exact) mass is 314 g/mol. The van der Waals surface area contributed by atoms with Gasteiger partial charge in [-0.15, -0.1) is 0 Å². The average molecular weight is 316 g/mol. The number of hydrogen-bond acceptors (Lipinski definition) is 2. The quantitative estimate of drug-likeness (QED) is 0.496. The molecular formula is C14H13Cl3N2. The highest BCUT2D eigenvalue weighted by Gasteiger charge is 2.38. The highest BCUT2D eigenvalue weighted by Crippen LogP contribution is 2.44. The second-order valence-electron chi connectivity index (χ2n) is 4.08. The molecule has 100 valence electrons. The standard InChI is InChI=1S/C14H13Cl3N2/c1-2-3-6-10-7-4-5-8-11(10)14(17)12(15)13(16)18-9-19-14/h2-5,7-9H,6H2,1H3,(H,18,19)/b3-2+. The Balaban J connectivity index is 2.52. The summed E-state index contributed by atoms with van der Waals surface area (Å²) in [5.41, 5.74) is 1.91. The number of nitrogens with one attached hydrogen (secondary N) is 1. The van der Waals surface area contributed by atoms with Gasteiger partial charge in [0, 0.05) is 5.56 Å². The average Bonchev–Trinajstić information content (AvgIpc) is 2.43. The first-order valence-electron chi connectivity index (χ1n) is 5.84. The van der Waals surface area contributed by atoms with E-state index in [4.69, 9.17) is 34.8 Å². The molecule has 2 nitrogen and oxygen atoms in total. The third-order valence-electron chi connectivity index (χ3n) is 2.87. The van der Waals surface area contributed by atoms with Gasteiger partial charge >= 0.3 is 0 Å². The predicted molar refractivity (Wildman–Crippen MR) is 82.9 cm³/mol. The van der Waals surface area contributed by atoms with Gasteiger partial charge in [-0.2, -0.15) is 0 Å². The van der Waals surface area contributed by atoms with Gasteiger partial charge in [0.25, 0.3) is 0 Å². The van der Waals surface area contributed by atoms with Crippen LogP contribution in [0.2, 0.25) is 0 Å². The van der Waals surface area contributed by atoms with Gasteiger partial charge in [0.05, 0.1) is 6.34 Å². The Morgan fingerprint density at radius 1 is 1.32 bits per heavy atom. The lowest BCUT2D eigenvalue weighted by Gasteiger charge is -2.28. The molecule has 19 heavy (non-hydrogen) atoms. The number of nitrogens with zero attached hydrogens (tertiary/aromatic N) is 1. The van der Waals surface area contributed by atoms with Gasteiger partial charge in [0.1, 0.15) is 10.2 Å². The van der Waals surface area contributed by atoms with Crippen molar-refractivity contribution in [2.75, 3.05) is 0 Å². The highest BCUT2D eigenvalue weighted by molar-refractivity contribution is 6.45. The number of aliphatic imine (C=N–C) groups is 1. The van der Waals surface area contributed by atoms with Gasteiger partial charge in [-0.25, -0.2) is 4.99 Å². The molecule has 1 aromatic carbocycles. The number of rotatable bonds is 3. The molecule has 0 radical (unpaired) electrons. The van der Waals surface area contributed by atoms with Crippen molar-refractivity contribution in [3.63, 3.8) is 0 Å². The van der Waals surface area contributed by atoms with Crippen LogP contribution in [0.15, 0.2) is 51.6 Å². The summed E-state index contributed by atoms with van der Waals surface area (Å²) in [5, 5.41) is 3.32. The summed E-state index contributed by atoms with van der Waals surface area (Å²) in [6.07, 6.45) is 6.29. The third-order valence-corrected chi connectivity index (χ3v) is 4.31. The minimum atomic E-state index is -1.15. The number of benzene rings is 1. The van der Waals surface area contributed by atoms with E-state index < -0.39 is 5.00 Å². The van der Waals surface area contributed by atoms with Gasteiger partial charge in [-0.1, -0.05) is 71.2 Å². The van der Waals surface area contributed by atoms with Gasteiger partial charge in [-0.3, -0.25) is 0 Å². The molecule has 5 heteroatoms. The van der Waals surface area contributed by atoms with Crippen LogP contribution in [0, 0.1) is 0 Å². The van der Waals surface area contributed by atoms with Crippen molar-refractivity contribution >= 4 is 41.1 Å². The Kier molecular flexibility index (Phi) is 4.56. The van der Waals surface area contributed by atoms with Gasteiger partial charge in [0.15, 0.2) is 5.00 Å². The zero-order chi connectivity index (χ0) is 13.9. The lowest BCUT2D eigenvalue weighted by molar-refractivity contribution is 0.760. The lowest BCUT2D eigenvalue weighted by atomic mass is 9.97. The van der Waals surface area contributed by atoms with Crippen molar-refractivity contribution in [2.45, 2.75) is 18.3 Å². The van der Waals surface area contributed by atoms with Crippen molar-refractivity contribution in [3.8, 4) is 0 Å². The van der Waals surface area contributed by atoms with Gasteiger partial charge in [-0.05, 0) is 18.9 Å². The molecule has 1 unspecified atom stereocenters. The smallest absolute Gasteiger partial charge is 0.199 e. The third kappa shape index (κ3) is 2.81. The van der Waals surface area contributed by atoms with Crippen molar-refractivity contribution in [1.82, 2.24) is 5.32 Å². The number of halogens is 3. The predicted octanol–water partition coefficient (Wildman–Crippen LogP) is 4.48. The summed E-state index contributed by atoms with van der Waals surface area (Å²) in [6, 6.07) is 7.80. The van der Waals surface area contributed by atoms with Crippen molar-refractivity contribution in [3.05, 3.63) is 57.7 Å². The SMILES string of the molecule is C/C=C/Cc1ccccc1C1(Cl)N=CNC(Cl)=C1Cl. The first-order chi connectivity index (χ1) is 9.09. The summed E-state index contributed by atoms with van der Waals surface area (Å²) in [4.78, 5) is 3.11. The molecule has 0 amide bonds. The van der Waals surface area contributed by atoms with Crippen LogP contribution in [-0.4, -0.2) is 6.34 Å². The Morgan fingerprint density at radius 3 is 2.79 bits per heavy atom. The summed E-state index contributed by atoms with van der Waals surface area (Å²) in [6.45, 7) is 1.98. The fraction of sp³-hybridized carbons (Fsp3) is 0.214. The van der Waals surface area contributed by atoms with E-state index in [0.29, 0.717) is 5.16 Å². The number of alkyl halides is 1. The van der Waals surface area contributed by atoms with E-state index in [0.717, 1.165) is 17.5 Å². The van der Waals surface area contributed by atoms with Crippen LogP contribution in [0.5, 0.6) is 0 Å². The Morgan fingerprint density at radius 2 is 2.05 bits per heavy atom. The molecule has 1 N–H and O–H groups in total. The van der Waals surface area contributed by atoms with Crippen LogP contribution in [0.4, 0.5) is 0 Å². The van der Waals surface area contributed by atoms with Crippen LogP contribution < -0.4 is 5.32 Å². The van der Waals surface area contributed by atoms with Crippen LogP contribution in [-0.2, 0) is 11.4 Å². The summed E-state index contributed by atoms with van der Waals surface area (Å²) in [7, 11) is 0. The van der Waals surface area contributed by atoms with Crippen molar-refractivity contribution in [2.24, 2.45) is 4.99 Å². The van der Waals surface area contributed by atoms with Crippen molar-refractivity contribution < 1.29 is 0 Å². The molecule has 0 bridgehead atoms. The zero-order valence-corrected chi connectivity index (χ0v) is 12.6. The summed E-state index contributed by atoms with van der Waals surface area (Å²) >= 11 is 18.8.